The number of allylic oxidation sites excluding steroid dienone is 3. The number of esters is 1. The van der Waals surface area contributed by atoms with Crippen molar-refractivity contribution in [2.75, 3.05) is 38.7 Å². The van der Waals surface area contributed by atoms with E-state index in [-0.39, 0.29) is 26.4 Å². The van der Waals surface area contributed by atoms with Crippen molar-refractivity contribution in [2.45, 2.75) is 41.5 Å². The molecule has 2 aliphatic rings. The first-order valence-corrected chi connectivity index (χ1v) is 13.0. The highest BCUT2D eigenvalue weighted by atomic mass is 16.6. The number of hydrogen-bond donors (Lipinski definition) is 2. The van der Waals surface area contributed by atoms with E-state index in [1.165, 1.54) is 0 Å². The molecule has 204 valence electrons. The van der Waals surface area contributed by atoms with Crippen molar-refractivity contribution in [3.63, 3.8) is 0 Å². The average Bonchev–Trinajstić information content (AvgIpc) is 2.90. The predicted molar refractivity (Wildman–Crippen MR) is 155 cm³/mol. The fraction of sp³-hybridized carbons (Fsp3) is 0.355. The Morgan fingerprint density at radius 1 is 1.13 bits per heavy atom. The van der Waals surface area contributed by atoms with E-state index >= 15 is 0 Å². The van der Waals surface area contributed by atoms with Gasteiger partial charge in [-0.15, -0.1) is 0 Å². The molecule has 0 radical (unpaired) electrons. The summed E-state index contributed by atoms with van der Waals surface area (Å²) < 4.78 is 17.0. The summed E-state index contributed by atoms with van der Waals surface area (Å²) in [5.41, 5.74) is 12.0. The number of hydrogen-bond acceptors (Lipinski definition) is 7. The quantitative estimate of drug-likeness (QED) is 0.0880. The predicted octanol–water partition coefficient (Wildman–Crippen LogP) is 5.75. The van der Waals surface area contributed by atoms with Crippen molar-refractivity contribution in [1.82, 2.24) is 0 Å². The molecular formula is C31H40N2O5. The van der Waals surface area contributed by atoms with Crippen molar-refractivity contribution < 1.29 is 23.8 Å². The van der Waals surface area contributed by atoms with Crippen LogP contribution in [0.15, 0.2) is 64.1 Å². The number of fused-ring (bicyclic) bond motifs is 2. The molecule has 1 heterocycles. The van der Waals surface area contributed by atoms with Crippen LogP contribution in [0.3, 0.4) is 0 Å². The standard InChI is InChI=1S/C29H34N2O5.C2H6/c1-6-9-21(20(7-2)29(33)35-13-12-34-11-10-32)28-22-14-18(4)24(30)16-26(22)36-27-17-25(31-8-3)19(5)15-23(27)28;1-2/h6-7,9,14-17,32H,1,8,10-13,30H2,2-5H3;1-2H3/b20-7+,21-9+,31-25?;. The van der Waals surface area contributed by atoms with Gasteiger partial charge in [0.1, 0.15) is 18.0 Å². The largest absolute Gasteiger partial charge is 0.460 e. The lowest BCUT2D eigenvalue weighted by molar-refractivity contribution is -0.140. The van der Waals surface area contributed by atoms with Gasteiger partial charge in [-0.1, -0.05) is 38.7 Å². The zero-order chi connectivity index (χ0) is 28.2. The van der Waals surface area contributed by atoms with E-state index in [9.17, 15) is 4.79 Å². The molecule has 0 saturated heterocycles. The topological polar surface area (TPSA) is 107 Å². The molecule has 1 aromatic carbocycles. The van der Waals surface area contributed by atoms with E-state index < -0.39 is 5.97 Å². The molecule has 7 heteroatoms. The van der Waals surface area contributed by atoms with Gasteiger partial charge in [0.15, 0.2) is 0 Å². The van der Waals surface area contributed by atoms with Gasteiger partial charge >= 0.3 is 5.97 Å². The number of aryl methyl sites for hydroxylation is 2. The molecular weight excluding hydrogens is 480 g/mol. The summed E-state index contributed by atoms with van der Waals surface area (Å²) in [6, 6.07) is 7.74. The van der Waals surface area contributed by atoms with E-state index in [2.05, 4.69) is 11.6 Å². The smallest absolute Gasteiger partial charge is 0.338 e. The minimum atomic E-state index is -0.484. The van der Waals surface area contributed by atoms with Crippen LogP contribution in [0.2, 0.25) is 0 Å². The van der Waals surface area contributed by atoms with Crippen LogP contribution >= 0.6 is 0 Å². The highest BCUT2D eigenvalue weighted by molar-refractivity contribution is 6.13. The SMILES string of the molecule is C=C/C=C(\C(=C/C)C(=O)OCCOCCO)c1c2cc(C)c(=NCC)cc-2oc2cc(N)c(C)cc12.CC. The van der Waals surface area contributed by atoms with E-state index in [4.69, 9.17) is 24.7 Å². The number of rotatable bonds is 10. The van der Waals surface area contributed by atoms with Gasteiger partial charge in [-0.25, -0.2) is 4.79 Å². The molecule has 1 aliphatic heterocycles. The maximum absolute atomic E-state index is 13.2. The number of nitrogen functional groups attached to an aromatic ring is 1. The van der Waals surface area contributed by atoms with Gasteiger partial charge in [0.05, 0.1) is 30.8 Å². The Morgan fingerprint density at radius 3 is 2.50 bits per heavy atom. The van der Waals surface area contributed by atoms with Crippen molar-refractivity contribution >= 4 is 28.2 Å². The maximum Gasteiger partial charge on any atom is 0.338 e. The van der Waals surface area contributed by atoms with Crippen molar-refractivity contribution in [2.24, 2.45) is 4.99 Å². The number of ether oxygens (including phenoxy) is 2. The number of aliphatic hydroxyl groups is 1. The van der Waals surface area contributed by atoms with Gasteiger partial charge in [-0.3, -0.25) is 4.99 Å². The summed E-state index contributed by atoms with van der Waals surface area (Å²) in [5, 5.41) is 10.5. The van der Waals surface area contributed by atoms with Crippen LogP contribution in [-0.2, 0) is 14.3 Å². The molecule has 0 spiro atoms. The number of carbonyl (C=O) groups excluding carboxylic acids is 1. The highest BCUT2D eigenvalue weighted by Crippen LogP contribution is 2.41. The maximum atomic E-state index is 13.2. The fourth-order valence-corrected chi connectivity index (χ4v) is 4.08. The number of anilines is 1. The van der Waals surface area contributed by atoms with Crippen LogP contribution in [0.4, 0.5) is 5.69 Å². The van der Waals surface area contributed by atoms with Gasteiger partial charge in [0.25, 0.3) is 0 Å². The first-order chi connectivity index (χ1) is 18.4. The number of nitrogens with two attached hydrogens (primary N) is 1. The van der Waals surface area contributed by atoms with Crippen LogP contribution in [-0.4, -0.2) is 44.0 Å². The fourth-order valence-electron chi connectivity index (χ4n) is 4.08. The van der Waals surface area contributed by atoms with Gasteiger partial charge in [0.2, 0.25) is 0 Å². The summed E-state index contributed by atoms with van der Waals surface area (Å²) in [5.74, 6) is 0.150. The highest BCUT2D eigenvalue weighted by Gasteiger charge is 2.25. The number of benzene rings is 2. The second kappa shape index (κ2) is 14.9. The molecule has 38 heavy (non-hydrogen) atoms. The Balaban J connectivity index is 0.00000247. The van der Waals surface area contributed by atoms with Crippen molar-refractivity contribution in [3.05, 3.63) is 76.7 Å². The monoisotopic (exact) mass is 520 g/mol. The Morgan fingerprint density at radius 2 is 1.87 bits per heavy atom. The number of nitrogens with zero attached hydrogens (tertiary/aromatic N) is 1. The summed E-state index contributed by atoms with van der Waals surface area (Å²) in [6.45, 7) is 16.6. The first-order valence-electron chi connectivity index (χ1n) is 13.0. The summed E-state index contributed by atoms with van der Waals surface area (Å²) >= 11 is 0. The zero-order valence-corrected chi connectivity index (χ0v) is 23.4. The van der Waals surface area contributed by atoms with E-state index in [1.807, 2.05) is 58.9 Å². The molecule has 7 nitrogen and oxygen atoms in total. The molecule has 0 saturated carbocycles. The van der Waals surface area contributed by atoms with Crippen LogP contribution in [0, 0.1) is 13.8 Å². The molecule has 0 bridgehead atoms. The van der Waals surface area contributed by atoms with E-state index in [0.717, 1.165) is 33.0 Å². The lowest BCUT2D eigenvalue weighted by atomic mass is 9.87. The molecule has 0 fully saturated rings. The molecule has 0 aromatic heterocycles. The van der Waals surface area contributed by atoms with Crippen molar-refractivity contribution in [1.29, 1.82) is 0 Å². The van der Waals surface area contributed by atoms with Crippen LogP contribution < -0.4 is 11.1 Å². The Kier molecular flexibility index (Phi) is 12.0. The summed E-state index contributed by atoms with van der Waals surface area (Å²) in [4.78, 5) is 17.8. The number of carbonyl (C=O) groups is 1. The van der Waals surface area contributed by atoms with Gasteiger partial charge in [-0.05, 0) is 56.5 Å². The van der Waals surface area contributed by atoms with E-state index in [0.29, 0.717) is 34.7 Å². The molecule has 0 unspecified atom stereocenters. The lowest BCUT2D eigenvalue weighted by Crippen LogP contribution is -2.15. The Hall–Kier alpha value is -3.68. The van der Waals surface area contributed by atoms with E-state index in [1.54, 1.807) is 25.2 Å². The third-order valence-corrected chi connectivity index (χ3v) is 5.80. The summed E-state index contributed by atoms with van der Waals surface area (Å²) in [7, 11) is 0. The van der Waals surface area contributed by atoms with Gasteiger partial charge in [0, 0.05) is 40.9 Å². The molecule has 0 atom stereocenters. The zero-order valence-electron chi connectivity index (χ0n) is 23.4. The van der Waals surface area contributed by atoms with Gasteiger partial charge < -0.3 is 24.7 Å². The molecule has 3 rings (SSSR count). The van der Waals surface area contributed by atoms with Crippen LogP contribution in [0.5, 0.6) is 0 Å². The molecule has 0 amide bonds. The minimum Gasteiger partial charge on any atom is -0.460 e. The Bertz CT molecular complexity index is 1360. The second-order valence-corrected chi connectivity index (χ2v) is 8.28. The minimum absolute atomic E-state index is 0.0692. The molecule has 3 N–H and O–H groups in total. The normalized spacial score (nSPS) is 12.4. The molecule has 1 aromatic rings. The third kappa shape index (κ3) is 7.00. The van der Waals surface area contributed by atoms with Crippen LogP contribution in [0.25, 0.3) is 27.9 Å². The number of aliphatic hydroxyl groups excluding tert-OH is 1. The summed E-state index contributed by atoms with van der Waals surface area (Å²) in [6.07, 6.45) is 5.18. The third-order valence-electron chi connectivity index (χ3n) is 5.80. The van der Waals surface area contributed by atoms with Gasteiger partial charge in [-0.2, -0.15) is 0 Å². The van der Waals surface area contributed by atoms with Crippen molar-refractivity contribution in [3.8, 4) is 11.3 Å². The lowest BCUT2D eigenvalue weighted by Gasteiger charge is -2.20. The average molecular weight is 521 g/mol. The van der Waals surface area contributed by atoms with Crippen LogP contribution in [0.1, 0.15) is 44.4 Å². The molecule has 1 aliphatic carbocycles. The Labute approximate surface area is 225 Å². The second-order valence-electron chi connectivity index (χ2n) is 8.28. The first kappa shape index (κ1) is 30.5.